The van der Waals surface area contributed by atoms with Crippen molar-refractivity contribution in [3.05, 3.63) is 0 Å². The van der Waals surface area contributed by atoms with Crippen molar-refractivity contribution in [2.45, 2.75) is 105 Å². The van der Waals surface area contributed by atoms with Gasteiger partial charge in [-0.1, -0.05) is 54.4 Å². The van der Waals surface area contributed by atoms with Crippen LogP contribution in [0.4, 0.5) is 0 Å². The summed E-state index contributed by atoms with van der Waals surface area (Å²) in [5.41, 5.74) is 0.697. The van der Waals surface area contributed by atoms with Crippen LogP contribution in [0, 0.1) is 51.8 Å². The fraction of sp³-hybridized carbons (Fsp3) is 0.960. The lowest BCUT2D eigenvalue weighted by atomic mass is 9.44. The summed E-state index contributed by atoms with van der Waals surface area (Å²) in [5.74, 6) is 3.48. The van der Waals surface area contributed by atoms with E-state index < -0.39 is 0 Å². The van der Waals surface area contributed by atoms with Crippen molar-refractivity contribution in [2.75, 3.05) is 7.11 Å². The average molecular weight is 376 g/mol. The van der Waals surface area contributed by atoms with Crippen molar-refractivity contribution in [2.24, 2.45) is 40.4 Å². The van der Waals surface area contributed by atoms with Crippen LogP contribution in [0.1, 0.15) is 99.3 Å². The van der Waals surface area contributed by atoms with Gasteiger partial charge in [0.05, 0.1) is 18.1 Å². The summed E-state index contributed by atoms with van der Waals surface area (Å²) in [5, 5.41) is 9.67. The zero-order valence-corrected chi connectivity index (χ0v) is 19.2. The van der Waals surface area contributed by atoms with Crippen LogP contribution >= 0.6 is 0 Å². The molecule has 8 unspecified atom stereocenters. The maximum absolute atomic E-state index is 9.67. The van der Waals surface area contributed by atoms with E-state index in [1.54, 1.807) is 0 Å². The van der Waals surface area contributed by atoms with E-state index >= 15 is 0 Å². The van der Waals surface area contributed by atoms with Crippen LogP contribution in [0.25, 0.3) is 0 Å². The van der Waals surface area contributed by atoms with Crippen LogP contribution in [0.3, 0.4) is 0 Å². The Morgan fingerprint density at radius 3 is 2.22 bits per heavy atom. The Balaban J connectivity index is 0.000000614. The Morgan fingerprint density at radius 2 is 1.59 bits per heavy atom. The van der Waals surface area contributed by atoms with E-state index in [-0.39, 0.29) is 11.3 Å². The van der Waals surface area contributed by atoms with E-state index in [0.29, 0.717) is 11.5 Å². The first kappa shape index (κ1) is 22.7. The van der Waals surface area contributed by atoms with Gasteiger partial charge >= 0.3 is 0 Å². The third kappa shape index (κ3) is 3.59. The van der Waals surface area contributed by atoms with Gasteiger partial charge in [-0.2, -0.15) is 5.26 Å². The number of nitrogens with zero attached hydrogens (tertiary/aromatic N) is 1. The monoisotopic (exact) mass is 375 g/mol. The standard InChI is InChI=1S/C21H33NO.2C2H6/c1-20-11-5-4-6-14(20)7-9-16-17-10-8-15(13-22)21(17,2)12-18(23-3)19(16)20;2*1-2/h14-19H,4-12H2,1-3H3;2*1-2H3. The lowest BCUT2D eigenvalue weighted by molar-refractivity contribution is -0.175. The van der Waals surface area contributed by atoms with Crippen LogP contribution in [0.2, 0.25) is 0 Å². The summed E-state index contributed by atoms with van der Waals surface area (Å²) >= 11 is 0. The van der Waals surface area contributed by atoms with Gasteiger partial charge in [0.15, 0.2) is 0 Å². The van der Waals surface area contributed by atoms with Gasteiger partial charge in [-0.05, 0) is 79.4 Å². The molecule has 0 aromatic carbocycles. The molecular formula is C25H45NO. The normalized spacial score (nSPS) is 47.6. The zero-order valence-electron chi connectivity index (χ0n) is 19.2. The Kier molecular flexibility index (Phi) is 7.83. The van der Waals surface area contributed by atoms with Gasteiger partial charge in [0.2, 0.25) is 0 Å². The van der Waals surface area contributed by atoms with Gasteiger partial charge in [-0.25, -0.2) is 0 Å². The second-order valence-electron chi connectivity index (χ2n) is 9.57. The lowest BCUT2D eigenvalue weighted by Gasteiger charge is -2.62. The summed E-state index contributed by atoms with van der Waals surface area (Å²) in [7, 11) is 1.93. The van der Waals surface area contributed by atoms with Gasteiger partial charge in [-0.3, -0.25) is 0 Å². The van der Waals surface area contributed by atoms with E-state index in [0.717, 1.165) is 36.5 Å². The smallest absolute Gasteiger partial charge is 0.0661 e. The molecule has 0 aliphatic heterocycles. The highest BCUT2D eigenvalue weighted by atomic mass is 16.5. The zero-order chi connectivity index (χ0) is 20.2. The van der Waals surface area contributed by atoms with Crippen LogP contribution in [0.5, 0.6) is 0 Å². The van der Waals surface area contributed by atoms with Gasteiger partial charge in [0.1, 0.15) is 0 Å². The number of methoxy groups -OCH3 is 1. The fourth-order valence-corrected chi connectivity index (χ4v) is 7.82. The van der Waals surface area contributed by atoms with Crippen LogP contribution in [-0.4, -0.2) is 13.2 Å². The molecule has 4 aliphatic rings. The highest BCUT2D eigenvalue weighted by Crippen LogP contribution is 2.67. The molecule has 27 heavy (non-hydrogen) atoms. The molecule has 0 N–H and O–H groups in total. The molecule has 0 aromatic rings. The summed E-state index contributed by atoms with van der Waals surface area (Å²) in [6.45, 7) is 13.0. The molecule has 0 aromatic heterocycles. The minimum absolute atomic E-state index is 0.203. The molecule has 0 heterocycles. The van der Waals surface area contributed by atoms with Crippen molar-refractivity contribution in [1.29, 1.82) is 5.26 Å². The minimum atomic E-state index is 0.203. The van der Waals surface area contributed by atoms with Crippen molar-refractivity contribution < 1.29 is 4.74 Å². The van der Waals surface area contributed by atoms with E-state index in [1.807, 2.05) is 34.8 Å². The quantitative estimate of drug-likeness (QED) is 0.484. The average Bonchev–Trinajstić information content (AvgIpc) is 3.05. The first-order valence-electron chi connectivity index (χ1n) is 12.0. The van der Waals surface area contributed by atoms with E-state index in [4.69, 9.17) is 4.74 Å². The summed E-state index contributed by atoms with van der Waals surface area (Å²) in [4.78, 5) is 0. The fourth-order valence-electron chi connectivity index (χ4n) is 7.82. The number of nitriles is 1. The Hall–Kier alpha value is -0.550. The van der Waals surface area contributed by atoms with E-state index in [1.165, 1.54) is 44.9 Å². The molecule has 0 spiro atoms. The first-order chi connectivity index (χ1) is 13.0. The maximum Gasteiger partial charge on any atom is 0.0661 e. The van der Waals surface area contributed by atoms with Gasteiger partial charge in [0.25, 0.3) is 0 Å². The molecule has 0 amide bonds. The van der Waals surface area contributed by atoms with Crippen molar-refractivity contribution in [1.82, 2.24) is 0 Å². The second kappa shape index (κ2) is 9.30. The first-order valence-corrected chi connectivity index (χ1v) is 12.0. The second-order valence-corrected chi connectivity index (χ2v) is 9.57. The lowest BCUT2D eigenvalue weighted by Crippen LogP contribution is -2.58. The molecule has 0 radical (unpaired) electrons. The van der Waals surface area contributed by atoms with Gasteiger partial charge in [-0.15, -0.1) is 0 Å². The highest BCUT2D eigenvalue weighted by Gasteiger charge is 2.63. The van der Waals surface area contributed by atoms with E-state index in [9.17, 15) is 5.26 Å². The molecule has 0 bridgehead atoms. The predicted molar refractivity (Wildman–Crippen MR) is 114 cm³/mol. The Labute approximate surface area is 169 Å². The topological polar surface area (TPSA) is 33.0 Å². The predicted octanol–water partition coefficient (Wildman–Crippen LogP) is 7.24. The number of fused-ring (bicyclic) bond motifs is 5. The largest absolute Gasteiger partial charge is 0.381 e. The Morgan fingerprint density at radius 1 is 0.889 bits per heavy atom. The molecule has 4 rings (SSSR count). The summed E-state index contributed by atoms with van der Waals surface area (Å²) < 4.78 is 6.13. The maximum atomic E-state index is 9.67. The van der Waals surface area contributed by atoms with Gasteiger partial charge in [0, 0.05) is 7.11 Å². The molecule has 2 nitrogen and oxygen atoms in total. The number of ether oxygens (including phenoxy) is 1. The highest BCUT2D eigenvalue weighted by molar-refractivity contribution is 5.14. The third-order valence-electron chi connectivity index (χ3n) is 8.95. The summed E-state index contributed by atoms with van der Waals surface area (Å²) in [6, 6.07) is 2.65. The van der Waals surface area contributed by atoms with Crippen molar-refractivity contribution in [3.63, 3.8) is 0 Å². The number of rotatable bonds is 1. The van der Waals surface area contributed by atoms with Crippen molar-refractivity contribution in [3.8, 4) is 6.07 Å². The number of hydrogen-bond acceptors (Lipinski definition) is 2. The molecule has 156 valence electrons. The molecular weight excluding hydrogens is 330 g/mol. The minimum Gasteiger partial charge on any atom is -0.381 e. The van der Waals surface area contributed by atoms with Crippen LogP contribution in [-0.2, 0) is 4.74 Å². The van der Waals surface area contributed by atoms with E-state index in [2.05, 4.69) is 19.9 Å². The summed E-state index contributed by atoms with van der Waals surface area (Å²) in [6.07, 6.45) is 12.4. The number of hydrogen-bond donors (Lipinski definition) is 0. The van der Waals surface area contributed by atoms with Crippen LogP contribution in [0.15, 0.2) is 0 Å². The Bertz CT molecular complexity index is 511. The molecule has 4 fully saturated rings. The van der Waals surface area contributed by atoms with Crippen LogP contribution < -0.4 is 0 Å². The third-order valence-corrected chi connectivity index (χ3v) is 8.95. The molecule has 8 atom stereocenters. The molecule has 2 heteroatoms. The molecule has 4 saturated carbocycles. The molecule has 4 aliphatic carbocycles. The van der Waals surface area contributed by atoms with Crippen molar-refractivity contribution >= 4 is 0 Å². The molecule has 0 saturated heterocycles. The SMILES string of the molecule is CC.CC.COC1CC2(C)C(C#N)CCC2C2CCC3CCCCC3(C)C12. The van der Waals surface area contributed by atoms with Gasteiger partial charge < -0.3 is 4.74 Å².